The lowest BCUT2D eigenvalue weighted by Crippen LogP contribution is -1.70. The summed E-state index contributed by atoms with van der Waals surface area (Å²) in [5.74, 6) is 0. The SMILES string of the molecule is [C]1=CCC=CCCC=CCC=CCC1. The monoisotopic (exact) mass is 187 g/mol. The molecule has 1 radical (unpaired) electrons. The van der Waals surface area contributed by atoms with Crippen LogP contribution in [0.25, 0.3) is 0 Å². The summed E-state index contributed by atoms with van der Waals surface area (Å²) < 4.78 is 0. The van der Waals surface area contributed by atoms with E-state index in [1.807, 2.05) is 0 Å². The van der Waals surface area contributed by atoms with Gasteiger partial charge in [-0.3, -0.25) is 0 Å². The number of hydrogen-bond donors (Lipinski definition) is 0. The van der Waals surface area contributed by atoms with E-state index in [9.17, 15) is 0 Å². The highest BCUT2D eigenvalue weighted by Crippen LogP contribution is 2.00. The summed E-state index contributed by atoms with van der Waals surface area (Å²) in [7, 11) is 0. The fraction of sp³-hybridized carbons (Fsp3) is 0.429. The van der Waals surface area contributed by atoms with E-state index in [0.29, 0.717) is 0 Å². The fourth-order valence-electron chi connectivity index (χ4n) is 1.33. The van der Waals surface area contributed by atoms with E-state index in [1.54, 1.807) is 0 Å². The highest BCUT2D eigenvalue weighted by molar-refractivity contribution is 4.96. The van der Waals surface area contributed by atoms with Crippen LogP contribution in [0.3, 0.4) is 0 Å². The van der Waals surface area contributed by atoms with Gasteiger partial charge in [0.15, 0.2) is 0 Å². The lowest BCUT2D eigenvalue weighted by atomic mass is 10.2. The van der Waals surface area contributed by atoms with E-state index in [-0.39, 0.29) is 0 Å². The van der Waals surface area contributed by atoms with Gasteiger partial charge in [0.05, 0.1) is 0 Å². The Labute approximate surface area is 87.7 Å². The summed E-state index contributed by atoms with van der Waals surface area (Å²) in [6.45, 7) is 0. The summed E-state index contributed by atoms with van der Waals surface area (Å²) in [5.41, 5.74) is 0. The molecule has 1 aliphatic rings. The van der Waals surface area contributed by atoms with Crippen LogP contribution in [0.5, 0.6) is 0 Å². The Hall–Kier alpha value is -1.04. The third-order valence-corrected chi connectivity index (χ3v) is 2.13. The quantitative estimate of drug-likeness (QED) is 0.494. The molecule has 0 aliphatic heterocycles. The molecule has 0 heteroatoms. The van der Waals surface area contributed by atoms with Crippen LogP contribution < -0.4 is 0 Å². The van der Waals surface area contributed by atoms with Crippen LogP contribution in [0.1, 0.15) is 38.5 Å². The standard InChI is InChI=1S/C14H19/c1-2-4-6-8-10-12-14-13-11-9-7-5-3-1/h1-2,5,7-8,10,14H,3-4,6,9,11-12H2. The molecule has 0 saturated heterocycles. The average Bonchev–Trinajstić information content (AvgIpc) is 2.22. The Morgan fingerprint density at radius 3 is 2.07 bits per heavy atom. The van der Waals surface area contributed by atoms with Gasteiger partial charge in [-0.2, -0.15) is 0 Å². The molecule has 0 atom stereocenters. The fourth-order valence-corrected chi connectivity index (χ4v) is 1.33. The van der Waals surface area contributed by atoms with E-state index in [2.05, 4.69) is 48.6 Å². The van der Waals surface area contributed by atoms with Crippen LogP contribution in [-0.4, -0.2) is 0 Å². The lowest BCUT2D eigenvalue weighted by Gasteiger charge is -1.90. The normalized spacial score (nSPS) is 19.4. The first kappa shape index (κ1) is 11.0. The molecule has 0 N–H and O–H groups in total. The molecule has 0 unspecified atom stereocenters. The first-order valence-corrected chi connectivity index (χ1v) is 5.50. The van der Waals surface area contributed by atoms with Crippen molar-refractivity contribution in [3.8, 4) is 0 Å². The summed E-state index contributed by atoms with van der Waals surface area (Å²) in [6, 6.07) is 0. The maximum Gasteiger partial charge on any atom is -0.0163 e. The van der Waals surface area contributed by atoms with Crippen molar-refractivity contribution < 1.29 is 0 Å². The van der Waals surface area contributed by atoms with Crippen LogP contribution in [0.4, 0.5) is 0 Å². The van der Waals surface area contributed by atoms with Gasteiger partial charge < -0.3 is 0 Å². The molecule has 0 heterocycles. The molecule has 0 saturated carbocycles. The predicted molar refractivity (Wildman–Crippen MR) is 62.9 cm³/mol. The first-order valence-electron chi connectivity index (χ1n) is 5.50. The third kappa shape index (κ3) is 6.47. The number of allylic oxidation sites excluding steroid dienone is 8. The summed E-state index contributed by atoms with van der Waals surface area (Å²) in [6.07, 6.45) is 25.5. The van der Waals surface area contributed by atoms with Crippen LogP contribution in [-0.2, 0) is 0 Å². The van der Waals surface area contributed by atoms with Gasteiger partial charge in [0.25, 0.3) is 0 Å². The van der Waals surface area contributed by atoms with E-state index >= 15 is 0 Å². The zero-order valence-electron chi connectivity index (χ0n) is 8.78. The van der Waals surface area contributed by atoms with Gasteiger partial charge in [-0.15, -0.1) is 0 Å². The van der Waals surface area contributed by atoms with Crippen LogP contribution in [0.15, 0.2) is 42.5 Å². The van der Waals surface area contributed by atoms with E-state index in [1.165, 1.54) is 0 Å². The second kappa shape index (κ2) is 8.55. The minimum atomic E-state index is 1.04. The zero-order valence-corrected chi connectivity index (χ0v) is 8.78. The van der Waals surface area contributed by atoms with Gasteiger partial charge in [0.1, 0.15) is 0 Å². The molecule has 0 bridgehead atoms. The molecule has 0 fully saturated rings. The second-order valence-corrected chi connectivity index (χ2v) is 3.41. The van der Waals surface area contributed by atoms with Crippen molar-refractivity contribution in [2.75, 3.05) is 0 Å². The molecule has 14 heavy (non-hydrogen) atoms. The van der Waals surface area contributed by atoms with E-state index in [4.69, 9.17) is 0 Å². The Morgan fingerprint density at radius 2 is 1.29 bits per heavy atom. The van der Waals surface area contributed by atoms with E-state index < -0.39 is 0 Å². The van der Waals surface area contributed by atoms with Crippen molar-refractivity contribution in [1.29, 1.82) is 0 Å². The molecule has 1 aliphatic carbocycles. The molecule has 0 spiro atoms. The average molecular weight is 187 g/mol. The van der Waals surface area contributed by atoms with Crippen molar-refractivity contribution in [3.63, 3.8) is 0 Å². The van der Waals surface area contributed by atoms with Crippen molar-refractivity contribution in [2.24, 2.45) is 0 Å². The smallest absolute Gasteiger partial charge is 0.0163 e. The van der Waals surface area contributed by atoms with Gasteiger partial charge in [-0.05, 0) is 44.6 Å². The molecule has 0 aromatic rings. The zero-order chi connectivity index (χ0) is 9.90. The molecular formula is C14H19. The Balaban J connectivity index is 2.33. The predicted octanol–water partition coefficient (Wildman–Crippen LogP) is 4.37. The van der Waals surface area contributed by atoms with Crippen molar-refractivity contribution in [2.45, 2.75) is 38.5 Å². The molecular weight excluding hydrogens is 168 g/mol. The van der Waals surface area contributed by atoms with Crippen molar-refractivity contribution in [1.82, 2.24) is 0 Å². The van der Waals surface area contributed by atoms with Crippen LogP contribution in [0, 0.1) is 6.08 Å². The number of hydrogen-bond acceptors (Lipinski definition) is 0. The van der Waals surface area contributed by atoms with Gasteiger partial charge in [0.2, 0.25) is 0 Å². The van der Waals surface area contributed by atoms with E-state index in [0.717, 1.165) is 38.5 Å². The topological polar surface area (TPSA) is 0 Å². The molecule has 0 aromatic heterocycles. The Kier molecular flexibility index (Phi) is 6.74. The van der Waals surface area contributed by atoms with Crippen LogP contribution in [0.2, 0.25) is 0 Å². The van der Waals surface area contributed by atoms with Crippen LogP contribution >= 0.6 is 0 Å². The Bertz CT molecular complexity index is 178. The molecule has 0 nitrogen and oxygen atoms in total. The number of rotatable bonds is 0. The summed E-state index contributed by atoms with van der Waals surface area (Å²) in [5, 5.41) is 0. The maximum atomic E-state index is 3.29. The van der Waals surface area contributed by atoms with Gasteiger partial charge >= 0.3 is 0 Å². The maximum absolute atomic E-state index is 3.29. The second-order valence-electron chi connectivity index (χ2n) is 3.41. The summed E-state index contributed by atoms with van der Waals surface area (Å²) >= 11 is 0. The molecule has 0 amide bonds. The lowest BCUT2D eigenvalue weighted by molar-refractivity contribution is 1.00. The highest BCUT2D eigenvalue weighted by Gasteiger charge is 1.80. The minimum absolute atomic E-state index is 1.04. The van der Waals surface area contributed by atoms with Crippen molar-refractivity contribution >= 4 is 0 Å². The van der Waals surface area contributed by atoms with Crippen molar-refractivity contribution in [3.05, 3.63) is 48.6 Å². The van der Waals surface area contributed by atoms with Gasteiger partial charge in [-0.1, -0.05) is 42.5 Å². The summed E-state index contributed by atoms with van der Waals surface area (Å²) in [4.78, 5) is 0. The highest BCUT2D eigenvalue weighted by atomic mass is 13.9. The minimum Gasteiger partial charge on any atom is -0.0879 e. The molecule has 75 valence electrons. The van der Waals surface area contributed by atoms with Gasteiger partial charge in [0, 0.05) is 0 Å². The largest absolute Gasteiger partial charge is 0.0879 e. The molecule has 1 rings (SSSR count). The van der Waals surface area contributed by atoms with Gasteiger partial charge in [-0.25, -0.2) is 0 Å². The first-order chi connectivity index (χ1) is 7.00. The third-order valence-electron chi connectivity index (χ3n) is 2.13. The molecule has 0 aromatic carbocycles. The Morgan fingerprint density at radius 1 is 0.643 bits per heavy atom.